The molecule has 144 valence electrons. The lowest BCUT2D eigenvalue weighted by Gasteiger charge is -2.21. The largest absolute Gasteiger partial charge is 0.497 e. The van der Waals surface area contributed by atoms with E-state index in [-0.39, 0.29) is 21.9 Å². The van der Waals surface area contributed by atoms with Gasteiger partial charge in [-0.15, -0.1) is 0 Å². The van der Waals surface area contributed by atoms with Crippen molar-refractivity contribution in [2.24, 2.45) is 0 Å². The Kier molecular flexibility index (Phi) is 5.27. The number of hydrogen-bond acceptors (Lipinski definition) is 5. The van der Waals surface area contributed by atoms with Crippen molar-refractivity contribution in [2.75, 3.05) is 18.9 Å². The van der Waals surface area contributed by atoms with Gasteiger partial charge in [0, 0.05) is 6.07 Å². The van der Waals surface area contributed by atoms with E-state index < -0.39 is 16.0 Å². The second-order valence-corrected chi connectivity index (χ2v) is 7.91. The fourth-order valence-corrected chi connectivity index (χ4v) is 4.61. The Morgan fingerprint density at radius 3 is 2.48 bits per heavy atom. The molecule has 7 nitrogen and oxygen atoms in total. The summed E-state index contributed by atoms with van der Waals surface area (Å²) in [4.78, 5) is 11.7. The molecule has 0 fully saturated rings. The van der Waals surface area contributed by atoms with Gasteiger partial charge in [-0.3, -0.25) is 4.72 Å². The standard InChI is InChI=1S/C19H21NO6S/c1-25-13-8-10-16(26-2)17(11-13)27(23,24)20-15-9-7-12-5-3-4-6-14(12)18(15)19(21)22/h7-11,20H,3-6H2,1-2H3,(H,21,22). The number of aryl methyl sites for hydroxylation is 1. The van der Waals surface area contributed by atoms with Crippen LogP contribution in [0.4, 0.5) is 5.69 Å². The summed E-state index contributed by atoms with van der Waals surface area (Å²) in [5.74, 6) is -0.665. The second kappa shape index (κ2) is 7.48. The quantitative estimate of drug-likeness (QED) is 0.785. The van der Waals surface area contributed by atoms with Crippen LogP contribution < -0.4 is 14.2 Å². The minimum atomic E-state index is -4.09. The van der Waals surface area contributed by atoms with Crippen LogP contribution >= 0.6 is 0 Å². The third-order valence-electron chi connectivity index (χ3n) is 4.65. The summed E-state index contributed by atoms with van der Waals surface area (Å²) in [6.45, 7) is 0. The Balaban J connectivity index is 2.08. The summed E-state index contributed by atoms with van der Waals surface area (Å²) in [6, 6.07) is 7.71. The van der Waals surface area contributed by atoms with Gasteiger partial charge in [-0.2, -0.15) is 0 Å². The minimum Gasteiger partial charge on any atom is -0.497 e. The molecule has 2 N–H and O–H groups in total. The molecule has 0 radical (unpaired) electrons. The molecule has 27 heavy (non-hydrogen) atoms. The van der Waals surface area contributed by atoms with Crippen LogP contribution in [0, 0.1) is 0 Å². The van der Waals surface area contributed by atoms with Crippen LogP contribution in [-0.4, -0.2) is 33.7 Å². The number of anilines is 1. The molecule has 8 heteroatoms. The van der Waals surface area contributed by atoms with Crippen molar-refractivity contribution in [3.8, 4) is 11.5 Å². The van der Waals surface area contributed by atoms with Crippen molar-refractivity contribution < 1.29 is 27.8 Å². The van der Waals surface area contributed by atoms with Crippen LogP contribution in [0.3, 0.4) is 0 Å². The van der Waals surface area contributed by atoms with Gasteiger partial charge in [-0.1, -0.05) is 6.07 Å². The van der Waals surface area contributed by atoms with Gasteiger partial charge in [-0.25, -0.2) is 13.2 Å². The molecule has 2 aromatic rings. The number of hydrogen-bond donors (Lipinski definition) is 2. The minimum absolute atomic E-state index is 0.0117. The number of carbonyl (C=O) groups is 1. The molecule has 0 saturated heterocycles. The average molecular weight is 391 g/mol. The molecule has 0 unspecified atom stereocenters. The molecule has 0 bridgehead atoms. The lowest BCUT2D eigenvalue weighted by atomic mass is 9.87. The molecular weight excluding hydrogens is 370 g/mol. The topological polar surface area (TPSA) is 102 Å². The fraction of sp³-hybridized carbons (Fsp3) is 0.316. The number of nitrogens with one attached hydrogen (secondary N) is 1. The van der Waals surface area contributed by atoms with E-state index in [1.807, 2.05) is 0 Å². The van der Waals surface area contributed by atoms with Crippen molar-refractivity contribution in [2.45, 2.75) is 30.6 Å². The monoisotopic (exact) mass is 391 g/mol. The zero-order chi connectivity index (χ0) is 19.6. The molecule has 0 atom stereocenters. The van der Waals surface area contributed by atoms with Gasteiger partial charge >= 0.3 is 5.97 Å². The molecule has 1 aliphatic rings. The normalized spacial score (nSPS) is 13.6. The van der Waals surface area contributed by atoms with Gasteiger partial charge < -0.3 is 14.6 Å². The number of aromatic carboxylic acids is 1. The zero-order valence-corrected chi connectivity index (χ0v) is 15.9. The number of fused-ring (bicyclic) bond motifs is 1. The van der Waals surface area contributed by atoms with Gasteiger partial charge in [0.1, 0.15) is 16.4 Å². The van der Waals surface area contributed by atoms with Crippen molar-refractivity contribution >= 4 is 21.7 Å². The predicted octanol–water partition coefficient (Wildman–Crippen LogP) is 3.08. The van der Waals surface area contributed by atoms with Crippen LogP contribution in [-0.2, 0) is 22.9 Å². The summed E-state index contributed by atoms with van der Waals surface area (Å²) >= 11 is 0. The van der Waals surface area contributed by atoms with Crippen molar-refractivity contribution in [1.29, 1.82) is 0 Å². The molecular formula is C19H21NO6S. The van der Waals surface area contributed by atoms with E-state index in [0.717, 1.165) is 24.8 Å². The SMILES string of the molecule is COc1ccc(OC)c(S(=O)(=O)Nc2ccc3c(c2C(=O)O)CCCC3)c1. The highest BCUT2D eigenvalue weighted by atomic mass is 32.2. The van der Waals surface area contributed by atoms with Crippen LogP contribution in [0.5, 0.6) is 11.5 Å². The van der Waals surface area contributed by atoms with Gasteiger partial charge in [0.25, 0.3) is 10.0 Å². The number of benzene rings is 2. The molecule has 0 amide bonds. The molecule has 3 rings (SSSR count). The number of carboxylic acid groups (broad SMARTS) is 1. The van der Waals surface area contributed by atoms with Crippen LogP contribution in [0.25, 0.3) is 0 Å². The van der Waals surface area contributed by atoms with E-state index in [2.05, 4.69) is 4.72 Å². The zero-order valence-electron chi connectivity index (χ0n) is 15.1. The number of rotatable bonds is 6. The van der Waals surface area contributed by atoms with Gasteiger partial charge in [-0.05, 0) is 55.0 Å². The first-order chi connectivity index (χ1) is 12.9. The van der Waals surface area contributed by atoms with Crippen LogP contribution in [0.1, 0.15) is 34.3 Å². The Hall–Kier alpha value is -2.74. The van der Waals surface area contributed by atoms with E-state index >= 15 is 0 Å². The third-order valence-corrected chi connectivity index (χ3v) is 6.04. The summed E-state index contributed by atoms with van der Waals surface area (Å²) in [7, 11) is -1.30. The molecule has 0 spiro atoms. The van der Waals surface area contributed by atoms with Crippen molar-refractivity contribution in [3.63, 3.8) is 0 Å². The first kappa shape index (κ1) is 19.0. The first-order valence-corrected chi connectivity index (χ1v) is 9.98. The molecule has 0 aliphatic heterocycles. The summed E-state index contributed by atoms with van der Waals surface area (Å²) in [6.07, 6.45) is 3.30. The summed E-state index contributed by atoms with van der Waals surface area (Å²) in [5.41, 5.74) is 1.72. The lowest BCUT2D eigenvalue weighted by Crippen LogP contribution is -2.19. The smallest absolute Gasteiger partial charge is 0.338 e. The highest BCUT2D eigenvalue weighted by Gasteiger charge is 2.26. The molecule has 0 heterocycles. The van der Waals surface area contributed by atoms with Crippen molar-refractivity contribution in [1.82, 2.24) is 0 Å². The Labute approximate surface area is 158 Å². The van der Waals surface area contributed by atoms with Gasteiger partial charge in [0.05, 0.1) is 25.5 Å². The van der Waals surface area contributed by atoms with E-state index in [0.29, 0.717) is 17.7 Å². The maximum absolute atomic E-state index is 13.0. The lowest BCUT2D eigenvalue weighted by molar-refractivity contribution is 0.0696. The van der Waals surface area contributed by atoms with Crippen LogP contribution in [0.2, 0.25) is 0 Å². The highest BCUT2D eigenvalue weighted by molar-refractivity contribution is 7.92. The molecule has 2 aromatic carbocycles. The summed E-state index contributed by atoms with van der Waals surface area (Å²) < 4.78 is 38.6. The van der Waals surface area contributed by atoms with Crippen LogP contribution in [0.15, 0.2) is 35.2 Å². The molecule has 0 saturated carbocycles. The van der Waals surface area contributed by atoms with E-state index in [1.54, 1.807) is 12.1 Å². The third kappa shape index (κ3) is 3.71. The van der Waals surface area contributed by atoms with Crippen molar-refractivity contribution in [3.05, 3.63) is 47.0 Å². The number of methoxy groups -OCH3 is 2. The number of ether oxygens (including phenoxy) is 2. The first-order valence-electron chi connectivity index (χ1n) is 8.50. The second-order valence-electron chi connectivity index (χ2n) is 6.26. The Bertz CT molecular complexity index is 984. The highest BCUT2D eigenvalue weighted by Crippen LogP contribution is 2.33. The molecule has 1 aliphatic carbocycles. The van der Waals surface area contributed by atoms with E-state index in [1.165, 1.54) is 32.4 Å². The average Bonchev–Trinajstić information content (AvgIpc) is 2.66. The predicted molar refractivity (Wildman–Crippen MR) is 100 cm³/mol. The summed E-state index contributed by atoms with van der Waals surface area (Å²) in [5, 5.41) is 9.69. The fourth-order valence-electron chi connectivity index (χ4n) is 3.35. The molecule has 0 aromatic heterocycles. The van der Waals surface area contributed by atoms with E-state index in [4.69, 9.17) is 9.47 Å². The maximum Gasteiger partial charge on any atom is 0.338 e. The van der Waals surface area contributed by atoms with E-state index in [9.17, 15) is 18.3 Å². The van der Waals surface area contributed by atoms with Gasteiger partial charge in [0.15, 0.2) is 0 Å². The number of carboxylic acids is 1. The Morgan fingerprint density at radius 1 is 1.07 bits per heavy atom. The maximum atomic E-state index is 13.0. The number of sulfonamides is 1. The Morgan fingerprint density at radius 2 is 1.81 bits per heavy atom. The van der Waals surface area contributed by atoms with Gasteiger partial charge in [0.2, 0.25) is 0 Å².